The van der Waals surface area contributed by atoms with Crippen LogP contribution in [0, 0.1) is 0 Å². The first-order valence-electron chi connectivity index (χ1n) is 4.59. The van der Waals surface area contributed by atoms with Crippen molar-refractivity contribution in [3.8, 4) is 11.4 Å². The number of benzene rings is 1. The minimum Gasteiger partial charge on any atom is -0.406 e. The molecule has 0 amide bonds. The molecule has 2 N–H and O–H groups in total. The van der Waals surface area contributed by atoms with E-state index < -0.39 is 6.36 Å². The summed E-state index contributed by atoms with van der Waals surface area (Å²) < 4.78 is 41.2. The molecule has 0 aliphatic heterocycles. The Bertz CT molecular complexity index is 552. The molecule has 2 aromatic rings. The zero-order valence-corrected chi connectivity index (χ0v) is 10.2. The van der Waals surface area contributed by atoms with Crippen LogP contribution < -0.4 is 10.5 Å². The molecule has 0 bridgehead atoms. The molecule has 1 aromatic heterocycles. The van der Waals surface area contributed by atoms with Crippen LogP contribution in [0.2, 0.25) is 0 Å². The van der Waals surface area contributed by atoms with Crippen molar-refractivity contribution >= 4 is 21.9 Å². The average Bonchev–Trinajstić information content (AvgIpc) is 2.57. The molecule has 9 heteroatoms. The van der Waals surface area contributed by atoms with E-state index in [2.05, 4.69) is 30.7 Å². The predicted molar refractivity (Wildman–Crippen MR) is 60.2 cm³/mol. The summed E-state index contributed by atoms with van der Waals surface area (Å²) in [6, 6.07) is 5.10. The third-order valence-electron chi connectivity index (χ3n) is 1.92. The van der Waals surface area contributed by atoms with Crippen LogP contribution in [0.5, 0.6) is 5.75 Å². The van der Waals surface area contributed by atoms with Crippen molar-refractivity contribution in [2.75, 3.05) is 5.73 Å². The van der Waals surface area contributed by atoms with Gasteiger partial charge in [0.05, 0.1) is 5.69 Å². The summed E-state index contributed by atoms with van der Waals surface area (Å²) in [5, 5.41) is 3.92. The van der Waals surface area contributed by atoms with Crippen molar-refractivity contribution < 1.29 is 17.9 Å². The lowest BCUT2D eigenvalue weighted by Gasteiger charge is -2.09. The highest BCUT2D eigenvalue weighted by molar-refractivity contribution is 9.10. The van der Waals surface area contributed by atoms with E-state index in [4.69, 9.17) is 5.73 Å². The fraction of sp³-hybridized carbons (Fsp3) is 0.111. The van der Waals surface area contributed by atoms with E-state index in [9.17, 15) is 13.2 Å². The lowest BCUT2D eigenvalue weighted by atomic mass is 10.3. The third-order valence-corrected chi connectivity index (χ3v) is 2.26. The van der Waals surface area contributed by atoms with Crippen LogP contribution in [0.15, 0.2) is 29.0 Å². The quantitative estimate of drug-likeness (QED) is 0.922. The van der Waals surface area contributed by atoms with Crippen LogP contribution in [0.3, 0.4) is 0 Å². The Kier molecular flexibility index (Phi) is 3.16. The lowest BCUT2D eigenvalue weighted by Crippen LogP contribution is -2.17. The Hall–Kier alpha value is -1.77. The number of hydrogen-bond acceptors (Lipinski definition) is 4. The summed E-state index contributed by atoms with van der Waals surface area (Å²) >= 11 is 3.04. The molecular weight excluding hydrogens is 317 g/mol. The Morgan fingerprint density at radius 1 is 1.22 bits per heavy atom. The van der Waals surface area contributed by atoms with Crippen LogP contribution in [0.4, 0.5) is 19.1 Å². The monoisotopic (exact) mass is 322 g/mol. The standard InChI is InChI=1S/C9H6BrF3N4O/c10-7-15-8(14)17(16-7)5-1-3-6(4-2-5)18-9(11,12)13/h1-4H,(H2,14,15,16). The number of nitrogens with two attached hydrogens (primary N) is 1. The number of hydrogen-bond donors (Lipinski definition) is 1. The minimum atomic E-state index is -4.71. The highest BCUT2D eigenvalue weighted by atomic mass is 79.9. The van der Waals surface area contributed by atoms with E-state index in [1.165, 1.54) is 16.8 Å². The van der Waals surface area contributed by atoms with Gasteiger partial charge in [-0.15, -0.1) is 18.3 Å². The maximum atomic E-state index is 12.0. The van der Waals surface area contributed by atoms with Crippen LogP contribution in [0.1, 0.15) is 0 Å². The number of aromatic nitrogens is 3. The molecule has 2 rings (SSSR count). The Labute approximate surface area is 107 Å². The summed E-state index contributed by atoms with van der Waals surface area (Å²) in [6.07, 6.45) is -4.71. The Morgan fingerprint density at radius 2 is 1.83 bits per heavy atom. The number of halogens is 4. The number of nitrogen functional groups attached to an aromatic ring is 1. The van der Waals surface area contributed by atoms with Crippen molar-refractivity contribution in [2.45, 2.75) is 6.36 Å². The van der Waals surface area contributed by atoms with Gasteiger partial charge in [0.2, 0.25) is 10.7 Å². The highest BCUT2D eigenvalue weighted by Crippen LogP contribution is 2.24. The van der Waals surface area contributed by atoms with E-state index in [1.54, 1.807) is 0 Å². The van der Waals surface area contributed by atoms with Crippen molar-refractivity contribution in [2.24, 2.45) is 0 Å². The highest BCUT2D eigenvalue weighted by Gasteiger charge is 2.30. The Morgan fingerprint density at radius 3 is 2.28 bits per heavy atom. The molecule has 0 fully saturated rings. The minimum absolute atomic E-state index is 0.117. The first-order chi connectivity index (χ1) is 8.35. The number of nitrogens with zero attached hydrogens (tertiary/aromatic N) is 3. The van der Waals surface area contributed by atoms with Gasteiger partial charge in [-0.2, -0.15) is 9.67 Å². The van der Waals surface area contributed by atoms with Gasteiger partial charge in [-0.1, -0.05) is 0 Å². The largest absolute Gasteiger partial charge is 0.573 e. The molecule has 0 saturated carbocycles. The molecule has 1 aromatic carbocycles. The van der Waals surface area contributed by atoms with Gasteiger partial charge >= 0.3 is 6.36 Å². The first-order valence-corrected chi connectivity index (χ1v) is 5.39. The van der Waals surface area contributed by atoms with Crippen molar-refractivity contribution in [3.05, 3.63) is 29.0 Å². The van der Waals surface area contributed by atoms with Gasteiger partial charge in [-0.05, 0) is 40.2 Å². The molecule has 0 unspecified atom stereocenters. The Balaban J connectivity index is 2.25. The third kappa shape index (κ3) is 2.92. The summed E-state index contributed by atoms with van der Waals surface area (Å²) in [7, 11) is 0. The first kappa shape index (κ1) is 12.7. The van der Waals surface area contributed by atoms with E-state index in [0.29, 0.717) is 5.69 Å². The summed E-state index contributed by atoms with van der Waals surface area (Å²) in [5.41, 5.74) is 6.03. The second kappa shape index (κ2) is 4.48. The van der Waals surface area contributed by atoms with E-state index in [0.717, 1.165) is 12.1 Å². The topological polar surface area (TPSA) is 66.0 Å². The molecule has 0 saturated heterocycles. The second-order valence-corrected chi connectivity index (χ2v) is 3.90. The van der Waals surface area contributed by atoms with Gasteiger partial charge in [0, 0.05) is 0 Å². The summed E-state index contributed by atoms with van der Waals surface area (Å²) in [5.74, 6) is -0.199. The number of rotatable bonds is 2. The van der Waals surface area contributed by atoms with Crippen LogP contribution in [-0.2, 0) is 0 Å². The summed E-state index contributed by atoms with van der Waals surface area (Å²) in [6.45, 7) is 0. The number of anilines is 1. The molecule has 0 aliphatic carbocycles. The van der Waals surface area contributed by atoms with Gasteiger partial charge in [0.15, 0.2) is 0 Å². The normalized spacial score (nSPS) is 11.6. The predicted octanol–water partition coefficient (Wildman–Crippen LogP) is 2.51. The molecule has 0 spiro atoms. The SMILES string of the molecule is Nc1nc(Br)nn1-c1ccc(OC(F)(F)F)cc1. The van der Waals surface area contributed by atoms with Crippen molar-refractivity contribution in [1.29, 1.82) is 0 Å². The molecule has 1 heterocycles. The van der Waals surface area contributed by atoms with Gasteiger partial charge in [0.25, 0.3) is 0 Å². The van der Waals surface area contributed by atoms with Gasteiger partial charge < -0.3 is 10.5 Å². The van der Waals surface area contributed by atoms with Crippen LogP contribution in [-0.4, -0.2) is 21.1 Å². The van der Waals surface area contributed by atoms with Gasteiger partial charge in [-0.3, -0.25) is 0 Å². The number of ether oxygens (including phenoxy) is 1. The maximum Gasteiger partial charge on any atom is 0.573 e. The summed E-state index contributed by atoms with van der Waals surface area (Å²) in [4.78, 5) is 3.80. The van der Waals surface area contributed by atoms with Crippen LogP contribution in [0.25, 0.3) is 5.69 Å². The van der Waals surface area contributed by atoms with Crippen LogP contribution >= 0.6 is 15.9 Å². The molecular formula is C9H6BrF3N4O. The van der Waals surface area contributed by atoms with Crippen molar-refractivity contribution in [3.63, 3.8) is 0 Å². The van der Waals surface area contributed by atoms with E-state index in [-0.39, 0.29) is 16.4 Å². The number of alkyl halides is 3. The zero-order chi connectivity index (χ0) is 13.3. The molecule has 96 valence electrons. The van der Waals surface area contributed by atoms with Crippen molar-refractivity contribution in [1.82, 2.24) is 14.8 Å². The molecule has 0 aliphatic rings. The van der Waals surface area contributed by atoms with E-state index >= 15 is 0 Å². The lowest BCUT2D eigenvalue weighted by molar-refractivity contribution is -0.274. The molecule has 18 heavy (non-hydrogen) atoms. The maximum absolute atomic E-state index is 12.0. The van der Waals surface area contributed by atoms with Gasteiger partial charge in [0.1, 0.15) is 5.75 Å². The smallest absolute Gasteiger partial charge is 0.406 e. The fourth-order valence-corrected chi connectivity index (χ4v) is 1.62. The van der Waals surface area contributed by atoms with Gasteiger partial charge in [-0.25, -0.2) is 0 Å². The fourth-order valence-electron chi connectivity index (χ4n) is 1.28. The zero-order valence-electron chi connectivity index (χ0n) is 8.65. The average molecular weight is 323 g/mol. The second-order valence-electron chi connectivity index (χ2n) is 3.19. The van der Waals surface area contributed by atoms with E-state index in [1.807, 2.05) is 0 Å². The molecule has 0 atom stereocenters. The molecule has 0 radical (unpaired) electrons. The molecule has 5 nitrogen and oxygen atoms in total.